The molecule has 76 valence electrons. The molecule has 0 spiro atoms. The maximum Gasteiger partial charge on any atom is 0 e. The summed E-state index contributed by atoms with van der Waals surface area (Å²) in [4.78, 5) is 0. The SMILES string of the molecule is C1=CC2=C(C1)C1=C(C=CC1)CC2.[Ar].[Ar]. The summed E-state index contributed by atoms with van der Waals surface area (Å²) in [5.41, 5.74) is 6.50. The van der Waals surface area contributed by atoms with Crippen molar-refractivity contribution in [3.63, 3.8) is 0 Å². The monoisotopic (exact) mass is 236 g/mol. The van der Waals surface area contributed by atoms with Gasteiger partial charge in [-0.1, -0.05) is 24.3 Å². The van der Waals surface area contributed by atoms with Crippen LogP contribution in [0.4, 0.5) is 0 Å². The molecule has 0 aromatic carbocycles. The van der Waals surface area contributed by atoms with Gasteiger partial charge >= 0.3 is 0 Å². The predicted molar refractivity (Wildman–Crippen MR) is 50.8 cm³/mol. The third-order valence-electron chi connectivity index (χ3n) is 3.09. The maximum absolute atomic E-state index is 2.32. The van der Waals surface area contributed by atoms with E-state index in [0.717, 1.165) is 0 Å². The second-order valence-electron chi connectivity index (χ2n) is 3.72. The molecule has 0 aliphatic heterocycles. The zero-order valence-corrected chi connectivity index (χ0v) is 9.26. The van der Waals surface area contributed by atoms with Gasteiger partial charge in [-0.2, -0.15) is 0 Å². The van der Waals surface area contributed by atoms with Crippen LogP contribution in [0.5, 0.6) is 0 Å². The molecule has 3 aliphatic carbocycles. The van der Waals surface area contributed by atoms with Gasteiger partial charge in [0.1, 0.15) is 0 Å². The van der Waals surface area contributed by atoms with Gasteiger partial charge in [-0.15, -0.1) is 0 Å². The van der Waals surface area contributed by atoms with Crippen LogP contribution < -0.4 is 0 Å². The van der Waals surface area contributed by atoms with Crippen molar-refractivity contribution in [2.45, 2.75) is 25.7 Å². The molecule has 14 heavy (non-hydrogen) atoms. The number of hydrogen-bond acceptors (Lipinski definition) is 0. The summed E-state index contributed by atoms with van der Waals surface area (Å²) >= 11 is 0. The van der Waals surface area contributed by atoms with Gasteiger partial charge in [-0.25, -0.2) is 0 Å². The first-order valence-electron chi connectivity index (χ1n) is 4.72. The number of rotatable bonds is 0. The molecular weight excluding hydrogens is 224 g/mol. The molecule has 0 bridgehead atoms. The van der Waals surface area contributed by atoms with Gasteiger partial charge in [-0.3, -0.25) is 0 Å². The van der Waals surface area contributed by atoms with E-state index < -0.39 is 0 Å². The molecule has 0 saturated carbocycles. The van der Waals surface area contributed by atoms with Crippen molar-refractivity contribution in [3.8, 4) is 0 Å². The first-order chi connectivity index (χ1) is 5.95. The van der Waals surface area contributed by atoms with Crippen molar-refractivity contribution in [3.05, 3.63) is 46.6 Å². The summed E-state index contributed by atoms with van der Waals surface area (Å²) in [6, 6.07) is 0. The van der Waals surface area contributed by atoms with E-state index in [9.17, 15) is 0 Å². The minimum atomic E-state index is 0. The summed E-state index contributed by atoms with van der Waals surface area (Å²) in [7, 11) is 0. The summed E-state index contributed by atoms with van der Waals surface area (Å²) in [5, 5.41) is 0. The molecule has 0 N–H and O–H groups in total. The second kappa shape index (κ2) is 5.70. The molecule has 0 nitrogen and oxygen atoms in total. The molecule has 0 aromatic rings. The Hall–Kier alpha value is 1.48. The zero-order valence-electron chi connectivity index (χ0n) is 7.84. The molecule has 0 heterocycles. The van der Waals surface area contributed by atoms with E-state index in [1.165, 1.54) is 25.7 Å². The van der Waals surface area contributed by atoms with Crippen LogP contribution in [0.2, 0.25) is 0 Å². The van der Waals surface area contributed by atoms with Gasteiger partial charge in [0.05, 0.1) is 0 Å². The van der Waals surface area contributed by atoms with Crippen LogP contribution in [0.25, 0.3) is 0 Å². The molecular formula is C12H12Ar2. The molecule has 0 unspecified atom stereocenters. The van der Waals surface area contributed by atoms with Crippen molar-refractivity contribution in [2.24, 2.45) is 0 Å². The fourth-order valence-electron chi connectivity index (χ4n) is 2.47. The molecule has 0 aromatic heterocycles. The van der Waals surface area contributed by atoms with Crippen LogP contribution in [0.1, 0.15) is 25.7 Å². The molecule has 2 heteroatoms. The largest absolute Gasteiger partial charge is 0.0798 e. The third kappa shape index (κ3) is 2.26. The van der Waals surface area contributed by atoms with Gasteiger partial charge < -0.3 is 0 Å². The Kier molecular flexibility index (Phi) is 5.52. The first kappa shape index (κ1) is 13.5. The van der Waals surface area contributed by atoms with Crippen LogP contribution in [0.3, 0.4) is 0 Å². The Morgan fingerprint density at radius 1 is 0.714 bits per heavy atom. The first-order valence-corrected chi connectivity index (χ1v) is 4.72. The Morgan fingerprint density at radius 3 is 1.57 bits per heavy atom. The molecule has 3 aliphatic rings. The van der Waals surface area contributed by atoms with E-state index in [-0.39, 0.29) is 75.5 Å². The van der Waals surface area contributed by atoms with E-state index in [0.29, 0.717) is 0 Å². The molecule has 0 amide bonds. The average molecular weight is 236 g/mol. The molecule has 0 atom stereocenters. The van der Waals surface area contributed by atoms with Crippen molar-refractivity contribution < 1.29 is 75.5 Å². The molecule has 3 rings (SSSR count). The Morgan fingerprint density at radius 2 is 1.14 bits per heavy atom. The van der Waals surface area contributed by atoms with Gasteiger partial charge in [0.15, 0.2) is 0 Å². The van der Waals surface area contributed by atoms with Gasteiger partial charge in [0, 0.05) is 75.5 Å². The van der Waals surface area contributed by atoms with E-state index >= 15 is 0 Å². The van der Waals surface area contributed by atoms with Crippen LogP contribution in [0, 0.1) is 75.5 Å². The smallest absolute Gasteiger partial charge is 0 e. The van der Waals surface area contributed by atoms with Crippen LogP contribution in [-0.4, -0.2) is 0 Å². The van der Waals surface area contributed by atoms with Crippen molar-refractivity contribution in [1.29, 1.82) is 0 Å². The fraction of sp³-hybridized carbons (Fsp3) is 0.333. The number of fused-ring (bicyclic) bond motifs is 1. The second-order valence-corrected chi connectivity index (χ2v) is 3.72. The van der Waals surface area contributed by atoms with Crippen molar-refractivity contribution >= 4 is 0 Å². The third-order valence-corrected chi connectivity index (χ3v) is 3.09. The topological polar surface area (TPSA) is 0 Å². The van der Waals surface area contributed by atoms with E-state index in [1.54, 1.807) is 22.3 Å². The molecule has 0 radical (unpaired) electrons. The fourth-order valence-corrected chi connectivity index (χ4v) is 2.47. The van der Waals surface area contributed by atoms with E-state index in [1.807, 2.05) is 0 Å². The number of hydrogen-bond donors (Lipinski definition) is 0. The Bertz CT molecular complexity index is 321. The summed E-state index contributed by atoms with van der Waals surface area (Å²) in [5.74, 6) is 0. The van der Waals surface area contributed by atoms with Gasteiger partial charge in [-0.05, 0) is 48.0 Å². The molecule has 0 fully saturated rings. The van der Waals surface area contributed by atoms with Crippen molar-refractivity contribution in [1.82, 2.24) is 0 Å². The summed E-state index contributed by atoms with van der Waals surface area (Å²) in [6.07, 6.45) is 14.2. The normalized spacial score (nSPS) is 21.7. The molecule has 0 saturated heterocycles. The zero-order chi connectivity index (χ0) is 7.97. The van der Waals surface area contributed by atoms with Crippen molar-refractivity contribution in [2.75, 3.05) is 0 Å². The number of allylic oxidation sites excluding steroid dienone is 8. The Balaban J connectivity index is 0.000000490. The minimum absolute atomic E-state index is 0. The predicted octanol–water partition coefficient (Wildman–Crippen LogP) is 3.29. The van der Waals surface area contributed by atoms with E-state index in [4.69, 9.17) is 0 Å². The van der Waals surface area contributed by atoms with Crippen LogP contribution in [-0.2, 0) is 0 Å². The maximum atomic E-state index is 2.32. The van der Waals surface area contributed by atoms with Crippen LogP contribution >= 0.6 is 0 Å². The van der Waals surface area contributed by atoms with E-state index in [2.05, 4.69) is 24.3 Å². The quantitative estimate of drug-likeness (QED) is 0.605. The average Bonchev–Trinajstić information content (AvgIpc) is 2.71. The van der Waals surface area contributed by atoms with Gasteiger partial charge in [0.25, 0.3) is 0 Å². The Labute approximate surface area is 145 Å². The van der Waals surface area contributed by atoms with Crippen LogP contribution in [0.15, 0.2) is 46.6 Å². The summed E-state index contributed by atoms with van der Waals surface area (Å²) in [6.45, 7) is 0. The summed E-state index contributed by atoms with van der Waals surface area (Å²) < 4.78 is 0. The minimum Gasteiger partial charge on any atom is -0.0798 e. The van der Waals surface area contributed by atoms with Gasteiger partial charge in [0.2, 0.25) is 0 Å². The standard InChI is InChI=1S/C12H12.2Ar/c1-3-9-7-8-10-4-2-6-12(10)11(9)5-1;;/h1-4H,5-8H2;;.